The van der Waals surface area contributed by atoms with E-state index in [-0.39, 0.29) is 10.8 Å². The first-order valence-corrected chi connectivity index (χ1v) is 20.2. The number of hydrogen-bond acceptors (Lipinski definition) is 6. The van der Waals surface area contributed by atoms with Crippen molar-refractivity contribution in [1.29, 1.82) is 0 Å². The Balaban J connectivity index is 0.000000630. The molecule has 0 N–H and O–H groups in total. The third-order valence-electron chi connectivity index (χ3n) is 12.1. The molecule has 2 aliphatic carbocycles. The molecule has 7 heteroatoms. The van der Waals surface area contributed by atoms with Gasteiger partial charge in [0, 0.05) is 80.6 Å². The minimum Gasteiger partial charge on any atom is -0.490 e. The minimum absolute atomic E-state index is 0.0332. The van der Waals surface area contributed by atoms with Crippen LogP contribution in [0.3, 0.4) is 0 Å². The third-order valence-corrected chi connectivity index (χ3v) is 12.6. The minimum atomic E-state index is -0.0332. The highest BCUT2D eigenvalue weighted by Crippen LogP contribution is 2.52. The monoisotopic (exact) mass is 721 g/mol. The Kier molecular flexibility index (Phi) is 14.3. The molecule has 6 rings (SSSR count). The molecule has 2 fully saturated rings. The van der Waals surface area contributed by atoms with Gasteiger partial charge in [-0.3, -0.25) is 4.90 Å². The van der Waals surface area contributed by atoms with Gasteiger partial charge in [-0.25, -0.2) is 0 Å². The highest BCUT2D eigenvalue weighted by molar-refractivity contribution is 7.80. The zero-order chi connectivity index (χ0) is 35.7. The summed E-state index contributed by atoms with van der Waals surface area (Å²) in [5, 5.41) is 1.31. The molecule has 0 amide bonds. The molecule has 0 aromatic heterocycles. The number of methoxy groups -OCH3 is 1. The Morgan fingerprint density at radius 2 is 1.94 bits per heavy atom. The van der Waals surface area contributed by atoms with E-state index in [2.05, 4.69) is 110 Å². The fourth-order valence-corrected chi connectivity index (χ4v) is 9.23. The first-order chi connectivity index (χ1) is 24.2. The van der Waals surface area contributed by atoms with Gasteiger partial charge >= 0.3 is 0 Å². The van der Waals surface area contributed by atoms with Gasteiger partial charge < -0.3 is 19.3 Å². The SMILES string of the molecule is C=Cc1ccc2c(c1)N(CC1CCC1[C@](/C=C/CC)(CC)CN1CCN(C)CC1)C[C@@]1(CCCc3cc(Cl)ccc31)CO2.COCCC(C)S. The number of ether oxygens (including phenoxy) is 2. The van der Waals surface area contributed by atoms with Gasteiger partial charge in [0.1, 0.15) is 5.75 Å². The lowest BCUT2D eigenvalue weighted by molar-refractivity contribution is 0.0111. The van der Waals surface area contributed by atoms with E-state index in [1.54, 1.807) is 7.11 Å². The lowest BCUT2D eigenvalue weighted by Crippen LogP contribution is -2.54. The Morgan fingerprint density at radius 3 is 2.58 bits per heavy atom. The Hall–Kier alpha value is -1.96. The zero-order valence-electron chi connectivity index (χ0n) is 31.6. The van der Waals surface area contributed by atoms with Crippen molar-refractivity contribution in [1.82, 2.24) is 9.80 Å². The second-order valence-electron chi connectivity index (χ2n) is 15.6. The summed E-state index contributed by atoms with van der Waals surface area (Å²) in [5.41, 5.74) is 5.45. The molecule has 4 aliphatic rings. The summed E-state index contributed by atoms with van der Waals surface area (Å²) in [6.07, 6.45) is 16.5. The van der Waals surface area contributed by atoms with Crippen molar-refractivity contribution in [2.75, 3.05) is 78.1 Å². The van der Waals surface area contributed by atoms with E-state index in [1.165, 1.54) is 75.2 Å². The van der Waals surface area contributed by atoms with Crippen LogP contribution in [0.2, 0.25) is 5.02 Å². The van der Waals surface area contributed by atoms with Gasteiger partial charge in [0.05, 0.1) is 12.3 Å². The second kappa shape index (κ2) is 18.2. The molecule has 1 saturated carbocycles. The maximum atomic E-state index is 6.74. The number of thiol groups is 1. The van der Waals surface area contributed by atoms with Gasteiger partial charge in [-0.2, -0.15) is 12.6 Å². The van der Waals surface area contributed by atoms with E-state index < -0.39 is 0 Å². The van der Waals surface area contributed by atoms with Crippen LogP contribution >= 0.6 is 24.2 Å². The van der Waals surface area contributed by atoms with Crippen molar-refractivity contribution >= 4 is 36.0 Å². The van der Waals surface area contributed by atoms with Crippen LogP contribution in [-0.2, 0) is 16.6 Å². The number of anilines is 1. The van der Waals surface area contributed by atoms with Gasteiger partial charge in [0.25, 0.3) is 0 Å². The smallest absolute Gasteiger partial charge is 0.142 e. The maximum Gasteiger partial charge on any atom is 0.142 e. The lowest BCUT2D eigenvalue weighted by atomic mass is 9.57. The average molecular weight is 723 g/mol. The Bertz CT molecular complexity index is 1420. The zero-order valence-corrected chi connectivity index (χ0v) is 33.3. The third kappa shape index (κ3) is 9.33. The molecule has 3 unspecified atom stereocenters. The van der Waals surface area contributed by atoms with E-state index in [0.717, 1.165) is 61.7 Å². The summed E-state index contributed by atoms with van der Waals surface area (Å²) >= 11 is 10.6. The summed E-state index contributed by atoms with van der Waals surface area (Å²) in [4.78, 5) is 7.95. The molecule has 2 aliphatic heterocycles. The van der Waals surface area contributed by atoms with Crippen molar-refractivity contribution in [2.45, 2.75) is 82.8 Å². The molecule has 50 heavy (non-hydrogen) atoms. The number of piperazine rings is 1. The number of likely N-dealkylation sites (N-methyl/N-ethyl adjacent to an activating group) is 1. The van der Waals surface area contributed by atoms with E-state index in [0.29, 0.717) is 23.7 Å². The number of nitrogens with zero attached hydrogens (tertiary/aromatic N) is 3. The molecular weight excluding hydrogens is 658 g/mol. The molecule has 0 radical (unpaired) electrons. The molecule has 5 atom stereocenters. The standard InChI is InChI=1S/C38H52ClN3O.C5H12OS/c1-5-8-17-37(7-3,26-41-21-19-40(4)20-22-41)34-14-12-31(34)25-42-27-38(18-9-10-30-24-32(39)13-15-33(30)38)28-43-36-16-11-29(6-2)23-35(36)42;1-5(7)3-4-6-2/h6,8,11,13,15-17,23-24,31,34H,2,5,7,9-10,12,14,18-22,25-28H2,1,3-4H3;5,7H,3-4H2,1-2H3/b17-8+;/t31?,34?,37-,38-;/m0./s1. The van der Waals surface area contributed by atoms with Gasteiger partial charge in [-0.1, -0.05) is 69.3 Å². The topological polar surface area (TPSA) is 28.2 Å². The van der Waals surface area contributed by atoms with Gasteiger partial charge in [0.15, 0.2) is 0 Å². The number of aryl methyl sites for hydroxylation is 1. The highest BCUT2D eigenvalue weighted by atomic mass is 35.5. The first-order valence-electron chi connectivity index (χ1n) is 19.3. The van der Waals surface area contributed by atoms with E-state index in [1.807, 2.05) is 6.08 Å². The predicted octanol–water partition coefficient (Wildman–Crippen LogP) is 9.43. The van der Waals surface area contributed by atoms with Crippen molar-refractivity contribution < 1.29 is 9.47 Å². The number of fused-ring (bicyclic) bond motifs is 3. The molecule has 2 aromatic carbocycles. The van der Waals surface area contributed by atoms with Gasteiger partial charge in [-0.15, -0.1) is 0 Å². The lowest BCUT2D eigenvalue weighted by Gasteiger charge is -2.53. The normalized spacial score (nSPS) is 25.7. The number of allylic oxidation sites excluding steroid dienone is 1. The quantitative estimate of drug-likeness (QED) is 0.174. The molecular formula is C43H64ClN3O2S. The maximum absolute atomic E-state index is 6.74. The van der Waals surface area contributed by atoms with E-state index in [9.17, 15) is 0 Å². The van der Waals surface area contributed by atoms with Crippen molar-refractivity contribution in [3.63, 3.8) is 0 Å². The molecule has 5 nitrogen and oxygen atoms in total. The van der Waals surface area contributed by atoms with Crippen LogP contribution < -0.4 is 9.64 Å². The van der Waals surface area contributed by atoms with Crippen LogP contribution in [0.25, 0.3) is 6.08 Å². The molecule has 2 heterocycles. The second-order valence-corrected chi connectivity index (χ2v) is 16.9. The predicted molar refractivity (Wildman–Crippen MR) is 218 cm³/mol. The van der Waals surface area contributed by atoms with Crippen molar-refractivity contribution in [3.8, 4) is 5.75 Å². The van der Waals surface area contributed by atoms with Crippen LogP contribution in [0.4, 0.5) is 5.69 Å². The van der Waals surface area contributed by atoms with Crippen LogP contribution in [0, 0.1) is 17.3 Å². The molecule has 0 bridgehead atoms. The summed E-state index contributed by atoms with van der Waals surface area (Å²) < 4.78 is 11.5. The molecule has 276 valence electrons. The molecule has 1 spiro atoms. The van der Waals surface area contributed by atoms with Crippen molar-refractivity contribution in [3.05, 3.63) is 76.8 Å². The van der Waals surface area contributed by atoms with E-state index >= 15 is 0 Å². The number of hydrogen-bond donors (Lipinski definition) is 1. The number of benzene rings is 2. The van der Waals surface area contributed by atoms with Gasteiger partial charge in [0.2, 0.25) is 0 Å². The Morgan fingerprint density at radius 1 is 1.14 bits per heavy atom. The summed E-state index contributed by atoms with van der Waals surface area (Å²) in [7, 11) is 3.96. The highest BCUT2D eigenvalue weighted by Gasteiger charge is 2.48. The average Bonchev–Trinajstić information content (AvgIpc) is 3.25. The summed E-state index contributed by atoms with van der Waals surface area (Å²) in [5.74, 6) is 2.38. The van der Waals surface area contributed by atoms with Crippen LogP contribution in [0.15, 0.2) is 55.1 Å². The molecule has 1 saturated heterocycles. The largest absolute Gasteiger partial charge is 0.490 e. The fourth-order valence-electron chi connectivity index (χ4n) is 8.93. The first kappa shape index (κ1) is 39.3. The fraction of sp³-hybridized carbons (Fsp3) is 0.628. The summed E-state index contributed by atoms with van der Waals surface area (Å²) in [6, 6.07) is 13.2. The van der Waals surface area contributed by atoms with Crippen LogP contribution in [0.5, 0.6) is 5.75 Å². The molecule has 2 aromatic rings. The van der Waals surface area contributed by atoms with Gasteiger partial charge in [-0.05, 0) is 111 Å². The van der Waals surface area contributed by atoms with E-state index in [4.69, 9.17) is 21.1 Å². The van der Waals surface area contributed by atoms with Crippen LogP contribution in [-0.4, -0.2) is 88.2 Å². The number of rotatable bonds is 12. The number of halogens is 1. The Labute approximate surface area is 314 Å². The summed E-state index contributed by atoms with van der Waals surface area (Å²) in [6.45, 7) is 20.4. The van der Waals surface area contributed by atoms with Crippen LogP contribution in [0.1, 0.15) is 82.4 Å². The van der Waals surface area contributed by atoms with Crippen molar-refractivity contribution in [2.24, 2.45) is 17.3 Å².